The van der Waals surface area contributed by atoms with Gasteiger partial charge in [0, 0.05) is 17.6 Å². The fourth-order valence-corrected chi connectivity index (χ4v) is 4.35. The molecule has 2 aromatic rings. The van der Waals surface area contributed by atoms with Crippen LogP contribution in [0.3, 0.4) is 0 Å². The van der Waals surface area contributed by atoms with Crippen molar-refractivity contribution in [3.63, 3.8) is 0 Å². The molecule has 0 aromatic heterocycles. The summed E-state index contributed by atoms with van der Waals surface area (Å²) in [5.41, 5.74) is 4.16. The number of hydrogen-bond donors (Lipinski definition) is 1. The van der Waals surface area contributed by atoms with Crippen LogP contribution < -0.4 is 5.32 Å². The molecule has 5 heteroatoms. The zero-order valence-electron chi connectivity index (χ0n) is 18.8. The molecule has 2 aromatic carbocycles. The molecule has 2 amide bonds. The molecule has 4 nitrogen and oxygen atoms in total. The van der Waals surface area contributed by atoms with Crippen molar-refractivity contribution in [3.8, 4) is 0 Å². The average molecular weight is 441 g/mol. The Morgan fingerprint density at radius 3 is 2.45 bits per heavy atom. The van der Waals surface area contributed by atoms with E-state index in [2.05, 4.69) is 12.2 Å². The lowest BCUT2D eigenvalue weighted by Crippen LogP contribution is -2.50. The summed E-state index contributed by atoms with van der Waals surface area (Å²) < 4.78 is 0. The van der Waals surface area contributed by atoms with E-state index in [1.165, 1.54) is 12.0 Å². The molecule has 0 bridgehead atoms. The van der Waals surface area contributed by atoms with Crippen LogP contribution >= 0.6 is 11.6 Å². The van der Waals surface area contributed by atoms with Crippen LogP contribution in [0.2, 0.25) is 5.02 Å². The zero-order valence-corrected chi connectivity index (χ0v) is 19.5. The van der Waals surface area contributed by atoms with Crippen molar-refractivity contribution in [1.29, 1.82) is 0 Å². The number of halogens is 1. The van der Waals surface area contributed by atoms with Gasteiger partial charge in [-0.2, -0.15) is 0 Å². The number of amides is 2. The number of nitrogens with one attached hydrogen (secondary N) is 1. The standard InChI is InChI=1S/C26H33ClN2O2/c1-18-13-14-21(15-19(18)2)16-25(30)29(17-22-9-7-8-12-24(22)27)20(3)26(31)28-23-10-5-4-6-11-23/h7-9,12-15,20,23H,4-6,10-11,16-17H2,1-3H3,(H,28,31)/t20-/m1/s1. The highest BCUT2D eigenvalue weighted by Gasteiger charge is 2.28. The maximum atomic E-state index is 13.4. The molecule has 1 aliphatic carbocycles. The largest absolute Gasteiger partial charge is 0.352 e. The van der Waals surface area contributed by atoms with E-state index in [4.69, 9.17) is 11.6 Å². The maximum absolute atomic E-state index is 13.4. The van der Waals surface area contributed by atoms with Crippen LogP contribution in [0.1, 0.15) is 61.3 Å². The van der Waals surface area contributed by atoms with Crippen molar-refractivity contribution in [1.82, 2.24) is 10.2 Å². The van der Waals surface area contributed by atoms with E-state index in [-0.39, 0.29) is 24.3 Å². The van der Waals surface area contributed by atoms with E-state index in [0.29, 0.717) is 11.6 Å². The predicted molar refractivity (Wildman–Crippen MR) is 126 cm³/mol. The third kappa shape index (κ3) is 6.33. The Bertz CT molecular complexity index is 921. The number of rotatable bonds is 7. The Morgan fingerprint density at radius 1 is 1.06 bits per heavy atom. The number of carbonyl (C=O) groups excluding carboxylic acids is 2. The van der Waals surface area contributed by atoms with Crippen LogP contribution in [0, 0.1) is 13.8 Å². The fraction of sp³-hybridized carbons (Fsp3) is 0.462. The Kier molecular flexibility index (Phi) is 8.14. The van der Waals surface area contributed by atoms with Gasteiger partial charge in [-0.25, -0.2) is 0 Å². The van der Waals surface area contributed by atoms with Gasteiger partial charge in [-0.1, -0.05) is 67.3 Å². The van der Waals surface area contributed by atoms with Gasteiger partial charge in [0.2, 0.25) is 11.8 Å². The van der Waals surface area contributed by atoms with Crippen molar-refractivity contribution in [2.45, 2.75) is 77.9 Å². The van der Waals surface area contributed by atoms with Gasteiger partial charge in [0.05, 0.1) is 6.42 Å². The van der Waals surface area contributed by atoms with E-state index in [1.807, 2.05) is 56.3 Å². The molecule has 1 N–H and O–H groups in total. The topological polar surface area (TPSA) is 49.4 Å². The smallest absolute Gasteiger partial charge is 0.242 e. The third-order valence-corrected chi connectivity index (χ3v) is 6.71. The highest BCUT2D eigenvalue weighted by atomic mass is 35.5. The van der Waals surface area contributed by atoms with Gasteiger partial charge in [-0.05, 0) is 61.9 Å². The number of aryl methyl sites for hydroxylation is 2. The highest BCUT2D eigenvalue weighted by Crippen LogP contribution is 2.21. The molecule has 1 atom stereocenters. The van der Waals surface area contributed by atoms with E-state index >= 15 is 0 Å². The summed E-state index contributed by atoms with van der Waals surface area (Å²) in [5.74, 6) is -0.165. The molecule has 1 aliphatic rings. The second-order valence-corrected chi connectivity index (χ2v) is 9.14. The normalized spacial score (nSPS) is 15.4. The van der Waals surface area contributed by atoms with Crippen LogP contribution in [0.4, 0.5) is 0 Å². The van der Waals surface area contributed by atoms with Gasteiger partial charge in [-0.15, -0.1) is 0 Å². The quantitative estimate of drug-likeness (QED) is 0.629. The molecule has 0 saturated heterocycles. The fourth-order valence-electron chi connectivity index (χ4n) is 4.15. The summed E-state index contributed by atoms with van der Waals surface area (Å²) in [6.45, 7) is 6.23. The first kappa shape index (κ1) is 23.3. The van der Waals surface area contributed by atoms with Crippen molar-refractivity contribution in [2.75, 3.05) is 0 Å². The Balaban J connectivity index is 1.78. The van der Waals surface area contributed by atoms with Crippen LogP contribution in [0.5, 0.6) is 0 Å². The van der Waals surface area contributed by atoms with Crippen LogP contribution in [-0.2, 0) is 22.6 Å². The van der Waals surface area contributed by atoms with E-state index in [1.54, 1.807) is 4.90 Å². The predicted octanol–water partition coefficient (Wildman–Crippen LogP) is 5.37. The van der Waals surface area contributed by atoms with Crippen molar-refractivity contribution in [2.24, 2.45) is 0 Å². The van der Waals surface area contributed by atoms with Crippen LogP contribution in [0.25, 0.3) is 0 Å². The zero-order chi connectivity index (χ0) is 22.4. The Morgan fingerprint density at radius 2 is 1.77 bits per heavy atom. The van der Waals surface area contributed by atoms with Gasteiger partial charge in [0.25, 0.3) is 0 Å². The molecule has 31 heavy (non-hydrogen) atoms. The minimum Gasteiger partial charge on any atom is -0.352 e. The maximum Gasteiger partial charge on any atom is 0.242 e. The third-order valence-electron chi connectivity index (χ3n) is 6.34. The van der Waals surface area contributed by atoms with Gasteiger partial charge in [-0.3, -0.25) is 9.59 Å². The van der Waals surface area contributed by atoms with E-state index in [0.717, 1.165) is 42.4 Å². The lowest BCUT2D eigenvalue weighted by Gasteiger charge is -2.31. The summed E-state index contributed by atoms with van der Waals surface area (Å²) >= 11 is 6.37. The molecular formula is C26H33ClN2O2. The first-order chi connectivity index (χ1) is 14.8. The summed E-state index contributed by atoms with van der Waals surface area (Å²) in [6.07, 6.45) is 5.81. The van der Waals surface area contributed by atoms with Crippen LogP contribution in [-0.4, -0.2) is 28.8 Å². The van der Waals surface area contributed by atoms with Gasteiger partial charge in [0.15, 0.2) is 0 Å². The van der Waals surface area contributed by atoms with Crippen molar-refractivity contribution >= 4 is 23.4 Å². The Hall–Kier alpha value is -2.33. The number of benzene rings is 2. The molecule has 0 unspecified atom stereocenters. The monoisotopic (exact) mass is 440 g/mol. The summed E-state index contributed by atoms with van der Waals surface area (Å²) in [6, 6.07) is 13.2. The summed E-state index contributed by atoms with van der Waals surface area (Å²) in [5, 5.41) is 3.77. The molecule has 166 valence electrons. The highest BCUT2D eigenvalue weighted by molar-refractivity contribution is 6.31. The molecule has 0 radical (unpaired) electrons. The number of carbonyl (C=O) groups is 2. The molecule has 0 spiro atoms. The molecular weight excluding hydrogens is 408 g/mol. The average Bonchev–Trinajstić information content (AvgIpc) is 2.76. The summed E-state index contributed by atoms with van der Waals surface area (Å²) in [7, 11) is 0. The van der Waals surface area contributed by atoms with Crippen molar-refractivity contribution < 1.29 is 9.59 Å². The first-order valence-corrected chi connectivity index (χ1v) is 11.6. The number of hydrogen-bond acceptors (Lipinski definition) is 2. The second-order valence-electron chi connectivity index (χ2n) is 8.73. The SMILES string of the molecule is Cc1ccc(CC(=O)N(Cc2ccccc2Cl)[C@H](C)C(=O)NC2CCCCC2)cc1C. The second kappa shape index (κ2) is 10.8. The Labute approximate surface area is 191 Å². The molecule has 0 heterocycles. The minimum absolute atomic E-state index is 0.0746. The molecule has 3 rings (SSSR count). The lowest BCUT2D eigenvalue weighted by atomic mass is 9.95. The van der Waals surface area contributed by atoms with E-state index < -0.39 is 6.04 Å². The first-order valence-electron chi connectivity index (χ1n) is 11.2. The van der Waals surface area contributed by atoms with Gasteiger partial charge in [0.1, 0.15) is 6.04 Å². The van der Waals surface area contributed by atoms with E-state index in [9.17, 15) is 9.59 Å². The molecule has 0 aliphatic heterocycles. The summed E-state index contributed by atoms with van der Waals surface area (Å²) in [4.78, 5) is 28.1. The molecule has 1 fully saturated rings. The number of nitrogens with zero attached hydrogens (tertiary/aromatic N) is 1. The van der Waals surface area contributed by atoms with Crippen LogP contribution in [0.15, 0.2) is 42.5 Å². The molecule has 1 saturated carbocycles. The van der Waals surface area contributed by atoms with Gasteiger partial charge < -0.3 is 10.2 Å². The lowest BCUT2D eigenvalue weighted by molar-refractivity contribution is -0.140. The minimum atomic E-state index is -0.572. The van der Waals surface area contributed by atoms with Gasteiger partial charge >= 0.3 is 0 Å². The van der Waals surface area contributed by atoms with Crippen molar-refractivity contribution in [3.05, 3.63) is 69.7 Å².